The van der Waals surface area contributed by atoms with E-state index in [1.165, 1.54) is 0 Å². The van der Waals surface area contributed by atoms with Crippen molar-refractivity contribution in [3.8, 4) is 0 Å². The number of nitrogens with zero attached hydrogens (tertiary/aromatic N) is 1. The molecule has 90 valence electrons. The minimum atomic E-state index is -0.0711. The summed E-state index contributed by atoms with van der Waals surface area (Å²) < 4.78 is 5.20. The third-order valence-corrected chi connectivity index (χ3v) is 2.67. The van der Waals surface area contributed by atoms with Gasteiger partial charge >= 0.3 is 0 Å². The van der Waals surface area contributed by atoms with Gasteiger partial charge in [0.2, 0.25) is 6.41 Å². The van der Waals surface area contributed by atoms with E-state index in [1.807, 2.05) is 0 Å². The molecule has 0 spiro atoms. The van der Waals surface area contributed by atoms with E-state index in [-0.39, 0.29) is 5.91 Å². The highest BCUT2D eigenvalue weighted by Gasteiger charge is 2.20. The minimum absolute atomic E-state index is 0.0711. The lowest BCUT2D eigenvalue weighted by molar-refractivity contribution is -0.105. The summed E-state index contributed by atoms with van der Waals surface area (Å²) in [4.78, 5) is 24.4. The molecule has 17 heavy (non-hydrogen) atoms. The predicted octanol–water partition coefficient (Wildman–Crippen LogP) is 0.727. The Kier molecular flexibility index (Phi) is 3.72. The lowest BCUT2D eigenvalue weighted by atomic mass is 10.1. The lowest BCUT2D eigenvalue weighted by Crippen LogP contribution is -2.40. The zero-order valence-electron chi connectivity index (χ0n) is 9.39. The minimum Gasteiger partial charge on any atom is -0.378 e. The summed E-state index contributed by atoms with van der Waals surface area (Å²) >= 11 is 0. The summed E-state index contributed by atoms with van der Waals surface area (Å²) in [6.07, 6.45) is 0.575. The third kappa shape index (κ3) is 2.62. The first-order valence-electron chi connectivity index (χ1n) is 5.49. The van der Waals surface area contributed by atoms with Crippen LogP contribution in [0.2, 0.25) is 0 Å². The van der Waals surface area contributed by atoms with Gasteiger partial charge in [-0.15, -0.1) is 0 Å². The molecular formula is C12H14N2O3. The van der Waals surface area contributed by atoms with E-state index < -0.39 is 0 Å². The molecule has 0 bridgehead atoms. The first kappa shape index (κ1) is 11.6. The van der Waals surface area contributed by atoms with Crippen molar-refractivity contribution in [3.63, 3.8) is 0 Å². The average Bonchev–Trinajstić information content (AvgIpc) is 2.40. The van der Waals surface area contributed by atoms with Crippen LogP contribution in [0.15, 0.2) is 24.3 Å². The average molecular weight is 234 g/mol. The van der Waals surface area contributed by atoms with E-state index >= 15 is 0 Å². The fraction of sp³-hybridized carbons (Fsp3) is 0.333. The van der Waals surface area contributed by atoms with E-state index in [4.69, 9.17) is 4.74 Å². The van der Waals surface area contributed by atoms with Crippen molar-refractivity contribution in [1.29, 1.82) is 0 Å². The van der Waals surface area contributed by atoms with Gasteiger partial charge in [-0.25, -0.2) is 0 Å². The van der Waals surface area contributed by atoms with Gasteiger partial charge in [-0.1, -0.05) is 12.1 Å². The van der Waals surface area contributed by atoms with Crippen molar-refractivity contribution in [2.75, 3.05) is 31.6 Å². The number of nitrogens with one attached hydrogen (secondary N) is 1. The Balaban J connectivity index is 2.19. The van der Waals surface area contributed by atoms with Crippen LogP contribution in [0.4, 0.5) is 5.69 Å². The predicted molar refractivity (Wildman–Crippen MR) is 62.9 cm³/mol. The zero-order valence-corrected chi connectivity index (χ0v) is 9.39. The standard InChI is InChI=1S/C12H14N2O3/c15-9-13-11-4-2-1-3-10(11)12(16)14-5-7-17-8-6-14/h1-4,9H,5-8H2,(H,13,15). The van der Waals surface area contributed by atoms with E-state index in [0.717, 1.165) is 0 Å². The molecule has 0 atom stereocenters. The van der Waals surface area contributed by atoms with E-state index in [0.29, 0.717) is 44.0 Å². The maximum Gasteiger partial charge on any atom is 0.256 e. The Morgan fingerprint density at radius 2 is 2.00 bits per heavy atom. The molecular weight excluding hydrogens is 220 g/mol. The number of anilines is 1. The highest BCUT2D eigenvalue weighted by atomic mass is 16.5. The van der Waals surface area contributed by atoms with Gasteiger partial charge in [-0.3, -0.25) is 9.59 Å². The van der Waals surface area contributed by atoms with E-state index in [9.17, 15) is 9.59 Å². The van der Waals surface area contributed by atoms with Crippen LogP contribution in [-0.4, -0.2) is 43.5 Å². The van der Waals surface area contributed by atoms with Crippen molar-refractivity contribution in [1.82, 2.24) is 4.90 Å². The van der Waals surface area contributed by atoms with Crippen molar-refractivity contribution in [2.45, 2.75) is 0 Å². The number of carbonyl (C=O) groups excluding carboxylic acids is 2. The second-order valence-electron chi connectivity index (χ2n) is 3.71. The molecule has 0 aliphatic carbocycles. The number of hydrogen-bond donors (Lipinski definition) is 1. The maximum absolute atomic E-state index is 12.2. The number of carbonyl (C=O) groups is 2. The molecule has 1 aromatic rings. The number of benzene rings is 1. The van der Waals surface area contributed by atoms with Crippen LogP contribution in [0.1, 0.15) is 10.4 Å². The molecule has 2 rings (SSSR count). The fourth-order valence-electron chi connectivity index (χ4n) is 1.80. The molecule has 1 aliphatic rings. The highest BCUT2D eigenvalue weighted by molar-refractivity contribution is 6.01. The summed E-state index contributed by atoms with van der Waals surface area (Å²) in [7, 11) is 0. The van der Waals surface area contributed by atoms with Crippen LogP contribution in [0, 0.1) is 0 Å². The summed E-state index contributed by atoms with van der Waals surface area (Å²) in [5, 5.41) is 2.54. The van der Waals surface area contributed by atoms with E-state index in [2.05, 4.69) is 5.32 Å². The second kappa shape index (κ2) is 5.45. The quantitative estimate of drug-likeness (QED) is 0.784. The summed E-state index contributed by atoms with van der Waals surface area (Å²) in [5.74, 6) is -0.0711. The molecule has 5 heteroatoms. The molecule has 0 unspecified atom stereocenters. The molecule has 1 fully saturated rings. The molecule has 1 aliphatic heterocycles. The number of morpholine rings is 1. The van der Waals surface area contributed by atoms with Crippen molar-refractivity contribution in [3.05, 3.63) is 29.8 Å². The van der Waals surface area contributed by atoms with Gasteiger partial charge in [-0.2, -0.15) is 0 Å². The lowest BCUT2D eigenvalue weighted by Gasteiger charge is -2.27. The van der Waals surface area contributed by atoms with Crippen molar-refractivity contribution >= 4 is 18.0 Å². The van der Waals surface area contributed by atoms with Crippen molar-refractivity contribution in [2.24, 2.45) is 0 Å². The Bertz CT molecular complexity index is 414. The summed E-state index contributed by atoms with van der Waals surface area (Å²) in [6, 6.07) is 6.98. The van der Waals surface area contributed by atoms with Crippen LogP contribution in [-0.2, 0) is 9.53 Å². The Labute approximate surface area is 99.4 Å². The van der Waals surface area contributed by atoms with Crippen molar-refractivity contribution < 1.29 is 14.3 Å². The van der Waals surface area contributed by atoms with Crippen LogP contribution < -0.4 is 5.32 Å². The van der Waals surface area contributed by atoms with Gasteiger partial charge in [0, 0.05) is 13.1 Å². The van der Waals surface area contributed by atoms with Gasteiger partial charge in [0.15, 0.2) is 0 Å². The second-order valence-corrected chi connectivity index (χ2v) is 3.71. The number of rotatable bonds is 3. The summed E-state index contributed by atoms with van der Waals surface area (Å²) in [5.41, 5.74) is 1.06. The Hall–Kier alpha value is -1.88. The fourth-order valence-corrected chi connectivity index (χ4v) is 1.80. The van der Waals surface area contributed by atoms with Gasteiger partial charge in [0.05, 0.1) is 24.5 Å². The van der Waals surface area contributed by atoms with Gasteiger partial charge in [0.25, 0.3) is 5.91 Å². The largest absolute Gasteiger partial charge is 0.378 e. The Morgan fingerprint density at radius 3 is 2.71 bits per heavy atom. The van der Waals surface area contributed by atoms with E-state index in [1.54, 1.807) is 29.2 Å². The molecule has 2 amide bonds. The Morgan fingerprint density at radius 1 is 1.29 bits per heavy atom. The van der Waals surface area contributed by atoms with Crippen LogP contribution in [0.5, 0.6) is 0 Å². The van der Waals surface area contributed by atoms with Crippen LogP contribution in [0.25, 0.3) is 0 Å². The van der Waals surface area contributed by atoms with Gasteiger partial charge in [-0.05, 0) is 12.1 Å². The molecule has 1 saturated heterocycles. The van der Waals surface area contributed by atoms with Gasteiger partial charge in [0.1, 0.15) is 0 Å². The number of para-hydroxylation sites is 1. The summed E-state index contributed by atoms with van der Waals surface area (Å²) in [6.45, 7) is 2.31. The number of amides is 2. The maximum atomic E-state index is 12.2. The van der Waals surface area contributed by atoms with Crippen LogP contribution >= 0.6 is 0 Å². The zero-order chi connectivity index (χ0) is 12.1. The number of ether oxygens (including phenoxy) is 1. The van der Waals surface area contributed by atoms with Gasteiger partial charge < -0.3 is 15.0 Å². The smallest absolute Gasteiger partial charge is 0.256 e. The molecule has 1 heterocycles. The molecule has 1 N–H and O–H groups in total. The molecule has 0 saturated carbocycles. The normalized spacial score (nSPS) is 15.4. The highest BCUT2D eigenvalue weighted by Crippen LogP contribution is 2.17. The van der Waals surface area contributed by atoms with Crippen LogP contribution in [0.3, 0.4) is 0 Å². The first-order chi connectivity index (χ1) is 8.33. The first-order valence-corrected chi connectivity index (χ1v) is 5.49. The topological polar surface area (TPSA) is 58.6 Å². The SMILES string of the molecule is O=CNc1ccccc1C(=O)N1CCOCC1. The number of hydrogen-bond acceptors (Lipinski definition) is 3. The molecule has 1 aromatic carbocycles. The molecule has 5 nitrogen and oxygen atoms in total. The molecule has 0 radical (unpaired) electrons. The monoisotopic (exact) mass is 234 g/mol. The third-order valence-electron chi connectivity index (χ3n) is 2.67. The molecule has 0 aromatic heterocycles.